The zero-order valence-electron chi connectivity index (χ0n) is 20.8. The number of pyridine rings is 1. The SMILES string of the molecule is COCCOc1nn(C2CCCCCCC2)c2c1cnc1c2ccn1COCC[Si](C)(C)C. The van der Waals surface area contributed by atoms with Crippen molar-refractivity contribution in [3.05, 3.63) is 18.5 Å². The molecule has 0 aromatic carbocycles. The summed E-state index contributed by atoms with van der Waals surface area (Å²) in [5.74, 6) is 0.664. The van der Waals surface area contributed by atoms with Crippen molar-refractivity contribution in [2.45, 2.75) is 83.4 Å². The molecule has 0 unspecified atom stereocenters. The first kappa shape index (κ1) is 24.2. The maximum Gasteiger partial charge on any atom is 0.242 e. The molecule has 0 spiro atoms. The Morgan fingerprint density at radius 2 is 1.76 bits per heavy atom. The summed E-state index contributed by atoms with van der Waals surface area (Å²) in [5.41, 5.74) is 2.09. The summed E-state index contributed by atoms with van der Waals surface area (Å²) in [6.07, 6.45) is 12.8. The number of fused-ring (bicyclic) bond motifs is 3. The van der Waals surface area contributed by atoms with Crippen molar-refractivity contribution in [1.82, 2.24) is 19.3 Å². The molecule has 1 saturated carbocycles. The molecule has 4 rings (SSSR count). The van der Waals surface area contributed by atoms with Gasteiger partial charge in [-0.05, 0) is 25.0 Å². The highest BCUT2D eigenvalue weighted by Crippen LogP contribution is 2.36. The summed E-state index contributed by atoms with van der Waals surface area (Å²) in [6.45, 7) is 9.49. The second kappa shape index (κ2) is 11.0. The van der Waals surface area contributed by atoms with Crippen LogP contribution in [-0.4, -0.2) is 54.3 Å². The number of methoxy groups -OCH3 is 1. The Kier molecular flexibility index (Phi) is 8.09. The maximum atomic E-state index is 6.03. The summed E-state index contributed by atoms with van der Waals surface area (Å²) in [4.78, 5) is 4.80. The molecule has 1 aliphatic rings. The third kappa shape index (κ3) is 5.97. The van der Waals surface area contributed by atoms with Crippen LogP contribution in [0, 0.1) is 0 Å². The second-order valence-electron chi connectivity index (χ2n) is 10.5. The minimum absolute atomic E-state index is 0.398. The van der Waals surface area contributed by atoms with Crippen molar-refractivity contribution in [3.8, 4) is 5.88 Å². The van der Waals surface area contributed by atoms with E-state index in [4.69, 9.17) is 24.3 Å². The topological polar surface area (TPSA) is 63.3 Å². The highest BCUT2D eigenvalue weighted by molar-refractivity contribution is 6.76. The molecule has 8 heteroatoms. The van der Waals surface area contributed by atoms with Crippen molar-refractivity contribution in [2.24, 2.45) is 0 Å². The van der Waals surface area contributed by atoms with Crippen molar-refractivity contribution < 1.29 is 14.2 Å². The molecular formula is C25H40N4O3Si. The molecule has 1 fully saturated rings. The Hall–Kier alpha value is -1.90. The molecule has 0 saturated heterocycles. The minimum Gasteiger partial charge on any atom is -0.474 e. The van der Waals surface area contributed by atoms with Gasteiger partial charge < -0.3 is 18.8 Å². The van der Waals surface area contributed by atoms with Crippen LogP contribution < -0.4 is 4.74 Å². The first-order chi connectivity index (χ1) is 16.0. The second-order valence-corrected chi connectivity index (χ2v) is 16.1. The molecule has 0 bridgehead atoms. The monoisotopic (exact) mass is 472 g/mol. The Balaban J connectivity index is 1.66. The van der Waals surface area contributed by atoms with Crippen LogP contribution in [0.1, 0.15) is 51.0 Å². The van der Waals surface area contributed by atoms with Gasteiger partial charge in [-0.15, -0.1) is 5.10 Å². The van der Waals surface area contributed by atoms with Gasteiger partial charge in [-0.2, -0.15) is 0 Å². The standard InChI is InChI=1S/C25H40N4O3Si/c1-30-14-15-32-25-22-18-26-24-21(12-13-28(24)19-31-16-17-33(2,3)4)23(22)29(27-25)20-10-8-6-5-7-9-11-20/h12-13,18,20H,5-11,14-17,19H2,1-4H3. The number of rotatable bonds is 10. The zero-order valence-corrected chi connectivity index (χ0v) is 21.8. The van der Waals surface area contributed by atoms with E-state index in [2.05, 4.69) is 41.2 Å². The lowest BCUT2D eigenvalue weighted by Crippen LogP contribution is -2.22. The third-order valence-electron chi connectivity index (χ3n) is 6.59. The van der Waals surface area contributed by atoms with E-state index < -0.39 is 8.07 Å². The van der Waals surface area contributed by atoms with Gasteiger partial charge in [-0.3, -0.25) is 4.68 Å². The van der Waals surface area contributed by atoms with Crippen LogP contribution in [0.2, 0.25) is 25.7 Å². The van der Waals surface area contributed by atoms with Crippen LogP contribution in [0.25, 0.3) is 21.9 Å². The summed E-state index contributed by atoms with van der Waals surface area (Å²) >= 11 is 0. The number of ether oxygens (including phenoxy) is 3. The van der Waals surface area contributed by atoms with Crippen molar-refractivity contribution >= 4 is 30.0 Å². The van der Waals surface area contributed by atoms with Gasteiger partial charge in [0.15, 0.2) is 0 Å². The van der Waals surface area contributed by atoms with E-state index in [1.165, 1.54) is 51.0 Å². The molecule has 0 N–H and O–H groups in total. The van der Waals surface area contributed by atoms with Crippen LogP contribution in [0.5, 0.6) is 5.88 Å². The quantitative estimate of drug-likeness (QED) is 0.267. The summed E-state index contributed by atoms with van der Waals surface area (Å²) in [6, 6.07) is 3.72. The number of hydrogen-bond acceptors (Lipinski definition) is 5. The van der Waals surface area contributed by atoms with Crippen LogP contribution in [0.3, 0.4) is 0 Å². The predicted octanol–water partition coefficient (Wildman–Crippen LogP) is 6.01. The van der Waals surface area contributed by atoms with Crippen molar-refractivity contribution in [3.63, 3.8) is 0 Å². The lowest BCUT2D eigenvalue weighted by Gasteiger charge is -2.21. The van der Waals surface area contributed by atoms with Crippen LogP contribution in [0.15, 0.2) is 18.5 Å². The van der Waals surface area contributed by atoms with Crippen LogP contribution in [-0.2, 0) is 16.2 Å². The number of hydrogen-bond donors (Lipinski definition) is 0. The lowest BCUT2D eigenvalue weighted by atomic mass is 9.96. The largest absolute Gasteiger partial charge is 0.474 e. The summed E-state index contributed by atoms with van der Waals surface area (Å²) < 4.78 is 21.6. The van der Waals surface area contributed by atoms with Crippen LogP contribution >= 0.6 is 0 Å². The van der Waals surface area contributed by atoms with E-state index in [1.54, 1.807) is 7.11 Å². The van der Waals surface area contributed by atoms with Gasteiger partial charge in [0.2, 0.25) is 5.88 Å². The van der Waals surface area contributed by atoms with E-state index in [1.807, 2.05) is 6.20 Å². The Morgan fingerprint density at radius 1 is 1.00 bits per heavy atom. The van der Waals surface area contributed by atoms with Crippen LogP contribution in [0.4, 0.5) is 0 Å². The molecule has 0 atom stereocenters. The average Bonchev–Trinajstić information content (AvgIpc) is 3.32. The minimum atomic E-state index is -1.10. The van der Waals surface area contributed by atoms with Gasteiger partial charge in [-0.1, -0.05) is 51.7 Å². The highest BCUT2D eigenvalue weighted by atomic mass is 28.3. The Morgan fingerprint density at radius 3 is 2.48 bits per heavy atom. The van der Waals surface area contributed by atoms with E-state index >= 15 is 0 Å². The molecule has 0 amide bonds. The number of aromatic nitrogens is 4. The molecule has 182 valence electrons. The maximum absolute atomic E-state index is 6.03. The van der Waals surface area contributed by atoms with Gasteiger partial charge in [-0.25, -0.2) is 4.98 Å². The molecular weight excluding hydrogens is 432 g/mol. The van der Waals surface area contributed by atoms with Gasteiger partial charge >= 0.3 is 0 Å². The van der Waals surface area contributed by atoms with Gasteiger partial charge in [0.05, 0.1) is 23.6 Å². The Labute approximate surface area is 198 Å². The molecule has 1 aliphatic carbocycles. The van der Waals surface area contributed by atoms with Crippen molar-refractivity contribution in [2.75, 3.05) is 26.9 Å². The average molecular weight is 473 g/mol. The summed E-state index contributed by atoms with van der Waals surface area (Å²) in [5, 5.41) is 7.09. The predicted molar refractivity (Wildman–Crippen MR) is 136 cm³/mol. The molecule has 3 aromatic heterocycles. The number of nitrogens with zero attached hydrogens (tertiary/aromatic N) is 4. The molecule has 3 aromatic rings. The van der Waals surface area contributed by atoms with E-state index in [-0.39, 0.29) is 0 Å². The molecule has 33 heavy (non-hydrogen) atoms. The van der Waals surface area contributed by atoms with Gasteiger partial charge in [0.25, 0.3) is 0 Å². The fourth-order valence-electron chi connectivity index (χ4n) is 4.65. The smallest absolute Gasteiger partial charge is 0.242 e. The first-order valence-corrected chi connectivity index (χ1v) is 16.2. The molecule has 3 heterocycles. The van der Waals surface area contributed by atoms with Gasteiger partial charge in [0.1, 0.15) is 19.0 Å². The molecule has 7 nitrogen and oxygen atoms in total. The fourth-order valence-corrected chi connectivity index (χ4v) is 5.40. The normalized spacial score (nSPS) is 16.4. The molecule has 0 radical (unpaired) electrons. The fraction of sp³-hybridized carbons (Fsp3) is 0.680. The molecule has 0 aliphatic heterocycles. The summed E-state index contributed by atoms with van der Waals surface area (Å²) in [7, 11) is 0.589. The lowest BCUT2D eigenvalue weighted by molar-refractivity contribution is 0.0899. The van der Waals surface area contributed by atoms with Crippen molar-refractivity contribution in [1.29, 1.82) is 0 Å². The third-order valence-corrected chi connectivity index (χ3v) is 8.30. The Bertz CT molecular complexity index is 1030. The van der Waals surface area contributed by atoms with E-state index in [0.29, 0.717) is 31.9 Å². The van der Waals surface area contributed by atoms with E-state index in [9.17, 15) is 0 Å². The van der Waals surface area contributed by atoms with Gasteiger partial charge in [0, 0.05) is 39.6 Å². The zero-order chi connectivity index (χ0) is 23.3. The highest BCUT2D eigenvalue weighted by Gasteiger charge is 2.23. The van der Waals surface area contributed by atoms with E-state index in [0.717, 1.165) is 28.5 Å². The first-order valence-electron chi connectivity index (χ1n) is 12.5.